The first kappa shape index (κ1) is 21.2. The summed E-state index contributed by atoms with van der Waals surface area (Å²) < 4.78 is 0. The topological polar surface area (TPSA) is 68.3 Å². The second kappa shape index (κ2) is 11.7. The van der Waals surface area contributed by atoms with E-state index in [1.807, 2.05) is 6.20 Å². The molecule has 1 fully saturated rings. The number of hydrogen-bond donors (Lipinski definition) is 3. The molecule has 0 aromatic carbocycles. The number of nitrogens with one attached hydrogen (secondary N) is 3. The Bertz CT molecular complexity index is 487. The number of aromatic nitrogens is 2. The van der Waals surface area contributed by atoms with Gasteiger partial charge in [0.15, 0.2) is 5.96 Å². The van der Waals surface area contributed by atoms with E-state index in [9.17, 15) is 0 Å². The van der Waals surface area contributed by atoms with Crippen molar-refractivity contribution < 1.29 is 0 Å². The molecule has 3 N–H and O–H groups in total. The van der Waals surface area contributed by atoms with Gasteiger partial charge in [0, 0.05) is 24.8 Å². The van der Waals surface area contributed by atoms with Gasteiger partial charge in [-0.1, -0.05) is 6.92 Å². The zero-order chi connectivity index (χ0) is 16.5. The predicted molar refractivity (Wildman–Crippen MR) is 111 cm³/mol. The SMILES string of the molecule is CCNC(=NCC1CCCN1CC)NCCCc1cn[nH]c1C.I. The molecule has 0 saturated carbocycles. The molecule has 1 atom stereocenters. The maximum atomic E-state index is 4.78. The molecule has 0 spiro atoms. The average molecular weight is 448 g/mol. The molecular formula is C17H33IN6. The number of nitrogens with zero attached hydrogens (tertiary/aromatic N) is 3. The highest BCUT2D eigenvalue weighted by Gasteiger charge is 2.22. The maximum Gasteiger partial charge on any atom is 0.191 e. The number of rotatable bonds is 8. The Morgan fingerprint density at radius 3 is 2.92 bits per heavy atom. The van der Waals surface area contributed by atoms with E-state index in [0.717, 1.165) is 45.0 Å². The Balaban J connectivity index is 0.00000288. The molecular weight excluding hydrogens is 415 g/mol. The van der Waals surface area contributed by atoms with Crippen LogP contribution >= 0.6 is 24.0 Å². The number of hydrogen-bond acceptors (Lipinski definition) is 3. The molecule has 0 radical (unpaired) electrons. The third kappa shape index (κ3) is 6.58. The van der Waals surface area contributed by atoms with Gasteiger partial charge in [0.1, 0.15) is 0 Å². The van der Waals surface area contributed by atoms with Gasteiger partial charge in [-0.2, -0.15) is 5.10 Å². The Labute approximate surface area is 163 Å². The predicted octanol–water partition coefficient (Wildman–Crippen LogP) is 2.31. The first-order valence-corrected chi connectivity index (χ1v) is 8.99. The maximum absolute atomic E-state index is 4.78. The molecule has 24 heavy (non-hydrogen) atoms. The van der Waals surface area contributed by atoms with Crippen molar-refractivity contribution in [2.24, 2.45) is 4.99 Å². The fourth-order valence-corrected chi connectivity index (χ4v) is 3.17. The highest BCUT2D eigenvalue weighted by Crippen LogP contribution is 2.16. The van der Waals surface area contributed by atoms with E-state index in [2.05, 4.69) is 46.5 Å². The second-order valence-electron chi connectivity index (χ2n) is 6.19. The molecule has 0 bridgehead atoms. The molecule has 1 unspecified atom stereocenters. The van der Waals surface area contributed by atoms with E-state index >= 15 is 0 Å². The van der Waals surface area contributed by atoms with Crippen LogP contribution < -0.4 is 10.6 Å². The molecule has 0 aliphatic carbocycles. The number of aryl methyl sites for hydroxylation is 2. The lowest BCUT2D eigenvalue weighted by Crippen LogP contribution is -2.39. The van der Waals surface area contributed by atoms with Gasteiger partial charge in [-0.05, 0) is 58.2 Å². The molecule has 2 rings (SSSR count). The van der Waals surface area contributed by atoms with Gasteiger partial charge in [-0.25, -0.2) is 0 Å². The highest BCUT2D eigenvalue weighted by atomic mass is 127. The van der Waals surface area contributed by atoms with Crippen LogP contribution in [0.25, 0.3) is 0 Å². The zero-order valence-electron chi connectivity index (χ0n) is 15.3. The van der Waals surface area contributed by atoms with Crippen molar-refractivity contribution in [3.63, 3.8) is 0 Å². The Morgan fingerprint density at radius 2 is 2.25 bits per heavy atom. The molecule has 1 aliphatic rings. The van der Waals surface area contributed by atoms with Crippen LogP contribution in [-0.2, 0) is 6.42 Å². The monoisotopic (exact) mass is 448 g/mol. The summed E-state index contributed by atoms with van der Waals surface area (Å²) in [4.78, 5) is 7.32. The number of aliphatic imine (C=N–C) groups is 1. The van der Waals surface area contributed by atoms with Crippen LogP contribution in [0, 0.1) is 6.92 Å². The fourth-order valence-electron chi connectivity index (χ4n) is 3.17. The second-order valence-corrected chi connectivity index (χ2v) is 6.19. The minimum atomic E-state index is 0. The largest absolute Gasteiger partial charge is 0.357 e. The third-order valence-electron chi connectivity index (χ3n) is 4.56. The van der Waals surface area contributed by atoms with Crippen LogP contribution in [-0.4, -0.2) is 59.8 Å². The summed E-state index contributed by atoms with van der Waals surface area (Å²) in [5.74, 6) is 0.944. The summed E-state index contributed by atoms with van der Waals surface area (Å²) in [7, 11) is 0. The van der Waals surface area contributed by atoms with Crippen molar-refractivity contribution in [1.29, 1.82) is 0 Å². The lowest BCUT2D eigenvalue weighted by atomic mass is 10.1. The number of guanidine groups is 1. The van der Waals surface area contributed by atoms with Gasteiger partial charge in [0.2, 0.25) is 0 Å². The number of likely N-dealkylation sites (tertiary alicyclic amines) is 1. The Kier molecular flexibility index (Phi) is 10.3. The van der Waals surface area contributed by atoms with Gasteiger partial charge < -0.3 is 10.6 Å². The summed E-state index contributed by atoms with van der Waals surface area (Å²) in [6.45, 7) is 11.5. The van der Waals surface area contributed by atoms with Crippen molar-refractivity contribution in [2.45, 2.75) is 52.5 Å². The van der Waals surface area contributed by atoms with E-state index in [-0.39, 0.29) is 24.0 Å². The standard InChI is InChI=1S/C17H32N6.HI/c1-4-18-17(20-13-16-9-7-11-23(16)5-2)19-10-6-8-15-12-21-22-14(15)3;/h12,16H,4-11,13H2,1-3H3,(H,21,22)(H2,18,19,20);1H. The van der Waals surface area contributed by atoms with Crippen molar-refractivity contribution in [3.05, 3.63) is 17.5 Å². The summed E-state index contributed by atoms with van der Waals surface area (Å²) in [5.41, 5.74) is 2.48. The lowest BCUT2D eigenvalue weighted by Gasteiger charge is -2.21. The summed E-state index contributed by atoms with van der Waals surface area (Å²) >= 11 is 0. The van der Waals surface area contributed by atoms with E-state index in [4.69, 9.17) is 4.99 Å². The average Bonchev–Trinajstić information content (AvgIpc) is 3.17. The highest BCUT2D eigenvalue weighted by molar-refractivity contribution is 14.0. The minimum absolute atomic E-state index is 0. The van der Waals surface area contributed by atoms with Gasteiger partial charge in [0.25, 0.3) is 0 Å². The summed E-state index contributed by atoms with van der Waals surface area (Å²) in [6.07, 6.45) is 6.63. The van der Waals surface area contributed by atoms with E-state index < -0.39 is 0 Å². The minimum Gasteiger partial charge on any atom is -0.357 e. The molecule has 7 heteroatoms. The molecule has 1 saturated heterocycles. The number of likely N-dealkylation sites (N-methyl/N-ethyl adjacent to an activating group) is 1. The number of aromatic amines is 1. The number of H-pyrrole nitrogens is 1. The summed E-state index contributed by atoms with van der Waals surface area (Å²) in [6, 6.07) is 0.615. The molecule has 1 aromatic rings. The van der Waals surface area contributed by atoms with Gasteiger partial charge in [0.05, 0.1) is 12.7 Å². The Hall–Kier alpha value is -0.830. The van der Waals surface area contributed by atoms with Crippen LogP contribution in [0.2, 0.25) is 0 Å². The van der Waals surface area contributed by atoms with Crippen molar-refractivity contribution in [2.75, 3.05) is 32.7 Å². The zero-order valence-corrected chi connectivity index (χ0v) is 17.6. The smallest absolute Gasteiger partial charge is 0.191 e. The number of halogens is 1. The van der Waals surface area contributed by atoms with Gasteiger partial charge >= 0.3 is 0 Å². The Morgan fingerprint density at radius 1 is 1.42 bits per heavy atom. The first-order chi connectivity index (χ1) is 11.2. The molecule has 0 amide bonds. The van der Waals surface area contributed by atoms with E-state index in [0.29, 0.717) is 6.04 Å². The van der Waals surface area contributed by atoms with Crippen molar-refractivity contribution in [3.8, 4) is 0 Å². The van der Waals surface area contributed by atoms with Crippen LogP contribution in [0.5, 0.6) is 0 Å². The molecule has 1 aromatic heterocycles. The lowest BCUT2D eigenvalue weighted by molar-refractivity contribution is 0.273. The molecule has 1 aliphatic heterocycles. The fraction of sp³-hybridized carbons (Fsp3) is 0.765. The van der Waals surface area contributed by atoms with Crippen LogP contribution in [0.15, 0.2) is 11.2 Å². The van der Waals surface area contributed by atoms with Crippen LogP contribution in [0.4, 0.5) is 0 Å². The molecule has 2 heterocycles. The molecule has 6 nitrogen and oxygen atoms in total. The van der Waals surface area contributed by atoms with E-state index in [1.165, 1.54) is 30.6 Å². The first-order valence-electron chi connectivity index (χ1n) is 8.99. The van der Waals surface area contributed by atoms with Crippen molar-refractivity contribution in [1.82, 2.24) is 25.7 Å². The van der Waals surface area contributed by atoms with Crippen LogP contribution in [0.3, 0.4) is 0 Å². The van der Waals surface area contributed by atoms with Crippen LogP contribution in [0.1, 0.15) is 44.4 Å². The van der Waals surface area contributed by atoms with Gasteiger partial charge in [-0.3, -0.25) is 15.0 Å². The normalized spacial score (nSPS) is 18.5. The molecule has 138 valence electrons. The third-order valence-corrected chi connectivity index (χ3v) is 4.56. The van der Waals surface area contributed by atoms with Gasteiger partial charge in [-0.15, -0.1) is 24.0 Å². The van der Waals surface area contributed by atoms with E-state index in [1.54, 1.807) is 0 Å². The quantitative estimate of drug-likeness (QED) is 0.247. The van der Waals surface area contributed by atoms with Crippen molar-refractivity contribution >= 4 is 29.9 Å². The summed E-state index contributed by atoms with van der Waals surface area (Å²) in [5, 5.41) is 13.9.